The summed E-state index contributed by atoms with van der Waals surface area (Å²) < 4.78 is 5.18. The topological polar surface area (TPSA) is 48.1 Å². The molecule has 1 atom stereocenters. The average Bonchev–Trinajstić information content (AvgIpc) is 2.38. The molecule has 18 heavy (non-hydrogen) atoms. The molecule has 1 heterocycles. The Morgan fingerprint density at radius 2 is 2.11 bits per heavy atom. The highest BCUT2D eigenvalue weighted by Gasteiger charge is 2.15. The number of ether oxygens (including phenoxy) is 1. The number of halogens is 1. The molecule has 94 valence electrons. The lowest BCUT2D eigenvalue weighted by molar-refractivity contribution is 0.414. The molecule has 0 radical (unpaired) electrons. The number of aryl methyl sites for hydroxylation is 1. The lowest BCUT2D eigenvalue weighted by Gasteiger charge is -2.16. The second-order valence-electron chi connectivity index (χ2n) is 4.07. The van der Waals surface area contributed by atoms with Gasteiger partial charge in [0.15, 0.2) is 0 Å². The molecule has 1 aromatic heterocycles. The molecular weight excluding hydrogens is 248 g/mol. The van der Waals surface area contributed by atoms with Crippen molar-refractivity contribution in [1.82, 2.24) is 4.98 Å². The molecule has 0 saturated heterocycles. The first-order chi connectivity index (χ1) is 8.63. The predicted molar refractivity (Wildman–Crippen MR) is 73.0 cm³/mol. The predicted octanol–water partition coefficient (Wildman–Crippen LogP) is 3.10. The Morgan fingerprint density at radius 1 is 1.33 bits per heavy atom. The van der Waals surface area contributed by atoms with E-state index in [9.17, 15) is 0 Å². The highest BCUT2D eigenvalue weighted by Crippen LogP contribution is 2.28. The van der Waals surface area contributed by atoms with Crippen LogP contribution in [0.4, 0.5) is 0 Å². The summed E-state index contributed by atoms with van der Waals surface area (Å²) in [6, 6.07) is 9.04. The van der Waals surface area contributed by atoms with Gasteiger partial charge in [0, 0.05) is 6.20 Å². The van der Waals surface area contributed by atoms with E-state index in [0.717, 1.165) is 16.9 Å². The third kappa shape index (κ3) is 2.47. The van der Waals surface area contributed by atoms with E-state index in [0.29, 0.717) is 10.7 Å². The van der Waals surface area contributed by atoms with Crippen LogP contribution in [0.2, 0.25) is 5.02 Å². The molecule has 3 nitrogen and oxygen atoms in total. The number of hydrogen-bond donors (Lipinski definition) is 1. The van der Waals surface area contributed by atoms with Crippen molar-refractivity contribution in [2.75, 3.05) is 7.11 Å². The minimum absolute atomic E-state index is 0.329. The highest BCUT2D eigenvalue weighted by molar-refractivity contribution is 6.31. The molecular formula is C14H15ClN2O. The summed E-state index contributed by atoms with van der Waals surface area (Å²) in [4.78, 5) is 4.25. The van der Waals surface area contributed by atoms with Crippen molar-refractivity contribution in [3.05, 3.63) is 58.4 Å². The molecule has 0 saturated carbocycles. The van der Waals surface area contributed by atoms with Crippen LogP contribution in [0.5, 0.6) is 5.75 Å². The summed E-state index contributed by atoms with van der Waals surface area (Å²) in [5.74, 6) is 0.815. The maximum Gasteiger partial charge on any atom is 0.119 e. The van der Waals surface area contributed by atoms with E-state index in [1.165, 1.54) is 0 Å². The van der Waals surface area contributed by atoms with Gasteiger partial charge in [-0.1, -0.05) is 17.7 Å². The Morgan fingerprint density at radius 3 is 2.72 bits per heavy atom. The van der Waals surface area contributed by atoms with Gasteiger partial charge >= 0.3 is 0 Å². The molecule has 0 aliphatic rings. The quantitative estimate of drug-likeness (QED) is 0.925. The van der Waals surface area contributed by atoms with E-state index in [1.54, 1.807) is 25.4 Å². The first-order valence-corrected chi connectivity index (χ1v) is 6.02. The molecule has 2 rings (SSSR count). The van der Waals surface area contributed by atoms with Crippen molar-refractivity contribution in [2.45, 2.75) is 13.0 Å². The molecule has 1 aromatic carbocycles. The van der Waals surface area contributed by atoms with Crippen LogP contribution in [0, 0.1) is 6.92 Å². The van der Waals surface area contributed by atoms with E-state index in [-0.39, 0.29) is 6.04 Å². The lowest BCUT2D eigenvalue weighted by atomic mass is 9.99. The van der Waals surface area contributed by atoms with Gasteiger partial charge in [-0.25, -0.2) is 0 Å². The van der Waals surface area contributed by atoms with Crippen molar-refractivity contribution < 1.29 is 4.74 Å². The smallest absolute Gasteiger partial charge is 0.119 e. The van der Waals surface area contributed by atoms with Gasteiger partial charge in [-0.05, 0) is 42.3 Å². The summed E-state index contributed by atoms with van der Waals surface area (Å²) in [6.45, 7) is 1.99. The van der Waals surface area contributed by atoms with Gasteiger partial charge in [0.1, 0.15) is 5.75 Å². The second-order valence-corrected chi connectivity index (χ2v) is 4.48. The number of nitrogens with two attached hydrogens (primary N) is 1. The minimum atomic E-state index is -0.329. The first kappa shape index (κ1) is 12.9. The van der Waals surface area contributed by atoms with Crippen LogP contribution in [0.15, 0.2) is 36.5 Å². The zero-order chi connectivity index (χ0) is 13.1. The Balaban J connectivity index is 2.40. The molecule has 4 heteroatoms. The van der Waals surface area contributed by atoms with Gasteiger partial charge in [-0.15, -0.1) is 0 Å². The number of nitrogens with zero attached hydrogens (tertiary/aromatic N) is 1. The van der Waals surface area contributed by atoms with Gasteiger partial charge in [-0.2, -0.15) is 0 Å². The molecule has 0 aliphatic heterocycles. The van der Waals surface area contributed by atoms with Gasteiger partial charge in [0.05, 0.1) is 23.9 Å². The third-order valence-electron chi connectivity index (χ3n) is 2.89. The first-order valence-electron chi connectivity index (χ1n) is 5.64. The summed E-state index contributed by atoms with van der Waals surface area (Å²) in [5, 5.41) is 0.584. The highest BCUT2D eigenvalue weighted by atomic mass is 35.5. The normalized spacial score (nSPS) is 12.2. The number of aromatic nitrogens is 1. The van der Waals surface area contributed by atoms with Crippen LogP contribution < -0.4 is 10.5 Å². The third-order valence-corrected chi connectivity index (χ3v) is 3.21. The van der Waals surface area contributed by atoms with E-state index in [1.807, 2.05) is 25.1 Å². The van der Waals surface area contributed by atoms with Crippen LogP contribution in [0.3, 0.4) is 0 Å². The van der Waals surface area contributed by atoms with Gasteiger partial charge < -0.3 is 10.5 Å². The summed E-state index contributed by atoms with van der Waals surface area (Å²) in [7, 11) is 1.64. The van der Waals surface area contributed by atoms with Gasteiger partial charge in [-0.3, -0.25) is 4.98 Å². The fraction of sp³-hybridized carbons (Fsp3) is 0.214. The number of hydrogen-bond acceptors (Lipinski definition) is 3. The number of methoxy groups -OCH3 is 1. The van der Waals surface area contributed by atoms with Gasteiger partial charge in [0.25, 0.3) is 0 Å². The van der Waals surface area contributed by atoms with Crippen molar-refractivity contribution in [3.8, 4) is 5.75 Å². The minimum Gasteiger partial charge on any atom is -0.497 e. The van der Waals surface area contributed by atoms with Crippen LogP contribution in [0.1, 0.15) is 22.9 Å². The molecule has 0 aliphatic carbocycles. The van der Waals surface area contributed by atoms with Gasteiger partial charge in [0.2, 0.25) is 0 Å². The second kappa shape index (κ2) is 5.38. The Hall–Kier alpha value is -1.58. The maximum atomic E-state index is 6.22. The molecule has 0 fully saturated rings. The fourth-order valence-corrected chi connectivity index (χ4v) is 2.14. The zero-order valence-electron chi connectivity index (χ0n) is 10.4. The lowest BCUT2D eigenvalue weighted by Crippen LogP contribution is -2.15. The van der Waals surface area contributed by atoms with Crippen molar-refractivity contribution in [1.29, 1.82) is 0 Å². The van der Waals surface area contributed by atoms with E-state index >= 15 is 0 Å². The van der Waals surface area contributed by atoms with Crippen LogP contribution in [0.25, 0.3) is 0 Å². The van der Waals surface area contributed by atoms with Crippen LogP contribution in [-0.2, 0) is 0 Å². The molecule has 2 aromatic rings. The van der Waals surface area contributed by atoms with E-state index in [2.05, 4.69) is 4.98 Å². The van der Waals surface area contributed by atoms with Crippen molar-refractivity contribution >= 4 is 11.6 Å². The number of pyridine rings is 1. The molecule has 0 amide bonds. The Labute approximate surface area is 112 Å². The number of benzene rings is 1. The van der Waals surface area contributed by atoms with E-state index in [4.69, 9.17) is 22.1 Å². The monoisotopic (exact) mass is 262 g/mol. The Bertz CT molecular complexity index is 557. The SMILES string of the molecule is COc1ccc(C(N)c2ncccc2Cl)c(C)c1. The molecule has 2 N–H and O–H groups in total. The van der Waals surface area contributed by atoms with Crippen LogP contribution in [-0.4, -0.2) is 12.1 Å². The maximum absolute atomic E-state index is 6.22. The average molecular weight is 263 g/mol. The molecule has 1 unspecified atom stereocenters. The summed E-state index contributed by atoms with van der Waals surface area (Å²) in [5.41, 5.74) is 8.96. The van der Waals surface area contributed by atoms with Crippen LogP contribution >= 0.6 is 11.6 Å². The van der Waals surface area contributed by atoms with Crippen molar-refractivity contribution in [3.63, 3.8) is 0 Å². The standard InChI is InChI=1S/C14H15ClN2O/c1-9-8-10(18-2)5-6-11(9)13(16)14-12(15)4-3-7-17-14/h3-8,13H,16H2,1-2H3. The fourth-order valence-electron chi connectivity index (χ4n) is 1.90. The Kier molecular flexibility index (Phi) is 3.84. The molecule has 0 spiro atoms. The largest absolute Gasteiger partial charge is 0.497 e. The summed E-state index contributed by atoms with van der Waals surface area (Å²) >= 11 is 6.11. The summed E-state index contributed by atoms with van der Waals surface area (Å²) in [6.07, 6.45) is 1.69. The van der Waals surface area contributed by atoms with E-state index < -0.39 is 0 Å². The molecule has 0 bridgehead atoms. The zero-order valence-corrected chi connectivity index (χ0v) is 11.1. The van der Waals surface area contributed by atoms with Crippen molar-refractivity contribution in [2.24, 2.45) is 5.73 Å². The number of rotatable bonds is 3.